The highest BCUT2D eigenvalue weighted by Crippen LogP contribution is 2.36. The summed E-state index contributed by atoms with van der Waals surface area (Å²) in [5.74, 6) is 0.967. The molecule has 0 bridgehead atoms. The Morgan fingerprint density at radius 3 is 2.37 bits per heavy atom. The maximum atomic E-state index is 13.9. The zero-order valence-corrected chi connectivity index (χ0v) is 26.1. The van der Waals surface area contributed by atoms with E-state index < -0.39 is 11.9 Å². The Morgan fingerprint density at radius 1 is 0.891 bits per heavy atom. The van der Waals surface area contributed by atoms with Crippen molar-refractivity contribution >= 4 is 23.2 Å². The summed E-state index contributed by atoms with van der Waals surface area (Å²) in [6.45, 7) is 0.615. The van der Waals surface area contributed by atoms with E-state index in [2.05, 4.69) is 15.0 Å². The minimum absolute atomic E-state index is 0.00160. The van der Waals surface area contributed by atoms with Gasteiger partial charge in [0.25, 0.3) is 0 Å². The Morgan fingerprint density at radius 2 is 1.63 bits per heavy atom. The number of aromatic amines is 1. The number of hydrogen-bond donors (Lipinski definition) is 1. The van der Waals surface area contributed by atoms with E-state index in [1.165, 1.54) is 44.1 Å². The van der Waals surface area contributed by atoms with E-state index in [4.69, 9.17) is 14.7 Å². The van der Waals surface area contributed by atoms with Crippen LogP contribution in [0.25, 0.3) is 28.2 Å². The molecule has 0 unspecified atom stereocenters. The molecule has 1 N–H and O–H groups in total. The lowest BCUT2D eigenvalue weighted by Gasteiger charge is -2.28. The number of benzene rings is 2. The number of carbonyl (C=O) groups is 2. The minimum atomic E-state index is -0.606. The smallest absolute Gasteiger partial charge is 0.306 e. The van der Waals surface area contributed by atoms with Crippen LogP contribution in [0.4, 0.5) is 0 Å². The first-order valence-electron chi connectivity index (χ1n) is 16.2. The summed E-state index contributed by atoms with van der Waals surface area (Å²) in [5.41, 5.74) is 7.13. The quantitative estimate of drug-likeness (QED) is 0.205. The molecule has 1 amide bonds. The molecule has 0 spiro atoms. The molecule has 4 heterocycles. The van der Waals surface area contributed by atoms with Crippen LogP contribution in [-0.4, -0.2) is 56.1 Å². The molecule has 1 aliphatic carbocycles. The molecule has 2 aromatic carbocycles. The van der Waals surface area contributed by atoms with Gasteiger partial charge in [0.1, 0.15) is 5.82 Å². The van der Waals surface area contributed by atoms with Crippen molar-refractivity contribution in [2.45, 2.75) is 63.3 Å². The Kier molecular flexibility index (Phi) is 8.55. The predicted octanol–water partition coefficient (Wildman–Crippen LogP) is 6.92. The number of aliphatic imine (C=N–C) groups is 1. The van der Waals surface area contributed by atoms with Crippen LogP contribution in [0.1, 0.15) is 80.3 Å². The Labute approximate surface area is 268 Å². The number of esters is 1. The lowest BCUT2D eigenvalue weighted by Crippen LogP contribution is -2.36. The van der Waals surface area contributed by atoms with Gasteiger partial charge in [0.05, 0.1) is 37.4 Å². The molecule has 1 saturated carbocycles. The number of carbonyl (C=O) groups excluding carboxylic acids is 2. The van der Waals surface area contributed by atoms with E-state index >= 15 is 0 Å². The molecular weight excluding hydrogens is 576 g/mol. The van der Waals surface area contributed by atoms with Crippen molar-refractivity contribution in [1.29, 1.82) is 0 Å². The van der Waals surface area contributed by atoms with Crippen LogP contribution >= 0.6 is 0 Å². The molecule has 9 heteroatoms. The highest BCUT2D eigenvalue weighted by molar-refractivity contribution is 5.99. The van der Waals surface area contributed by atoms with Gasteiger partial charge in [0, 0.05) is 48.4 Å². The summed E-state index contributed by atoms with van der Waals surface area (Å²) in [4.78, 5) is 50.2. The summed E-state index contributed by atoms with van der Waals surface area (Å²) in [6, 6.07) is 17.4. The molecule has 4 aromatic rings. The number of allylic oxidation sites excluding steroid dienone is 1. The fourth-order valence-electron chi connectivity index (χ4n) is 7.03. The molecule has 9 nitrogen and oxygen atoms in total. The molecule has 3 aliphatic rings. The number of likely N-dealkylation sites (tertiary alicyclic amines) is 1. The third kappa shape index (κ3) is 6.14. The summed E-state index contributed by atoms with van der Waals surface area (Å²) in [7, 11) is 1.35. The van der Waals surface area contributed by atoms with Crippen molar-refractivity contribution in [2.75, 3.05) is 13.7 Å². The van der Waals surface area contributed by atoms with Gasteiger partial charge in [-0.15, -0.1) is 0 Å². The number of imidazole rings is 1. The molecule has 46 heavy (non-hydrogen) atoms. The average Bonchev–Trinajstić information content (AvgIpc) is 3.94. The summed E-state index contributed by atoms with van der Waals surface area (Å²) >= 11 is 0. The second-order valence-corrected chi connectivity index (χ2v) is 12.4. The highest BCUT2D eigenvalue weighted by Gasteiger charge is 2.37. The fraction of sp³-hybridized carbons (Fsp3) is 0.351. The number of H-pyrrole nitrogens is 1. The third-order valence-corrected chi connectivity index (χ3v) is 9.61. The van der Waals surface area contributed by atoms with Crippen LogP contribution in [-0.2, 0) is 14.3 Å². The zero-order chi connectivity index (χ0) is 31.5. The second kappa shape index (κ2) is 13.2. The van der Waals surface area contributed by atoms with Crippen molar-refractivity contribution in [2.24, 2.45) is 10.9 Å². The number of ether oxygens (including phenoxy) is 1. The Bertz CT molecular complexity index is 1750. The van der Waals surface area contributed by atoms with Gasteiger partial charge in [-0.3, -0.25) is 14.6 Å². The van der Waals surface area contributed by atoms with E-state index in [1.807, 2.05) is 84.3 Å². The van der Waals surface area contributed by atoms with Crippen LogP contribution in [0.2, 0.25) is 0 Å². The number of nitrogens with zero attached hydrogens (tertiary/aromatic N) is 5. The van der Waals surface area contributed by atoms with Crippen molar-refractivity contribution in [3.63, 3.8) is 0 Å². The number of aromatic nitrogens is 4. The molecule has 234 valence electrons. The number of methoxy groups -OCH3 is 1. The first-order valence-corrected chi connectivity index (χ1v) is 16.2. The number of hydrogen-bond acceptors (Lipinski definition) is 7. The third-order valence-electron chi connectivity index (χ3n) is 9.61. The normalized spacial score (nSPS) is 18.8. The van der Waals surface area contributed by atoms with Gasteiger partial charge >= 0.3 is 5.97 Å². The van der Waals surface area contributed by atoms with Gasteiger partial charge in [-0.2, -0.15) is 0 Å². The van der Waals surface area contributed by atoms with Gasteiger partial charge in [-0.25, -0.2) is 15.0 Å². The second-order valence-electron chi connectivity index (χ2n) is 12.4. The average molecular weight is 615 g/mol. The van der Waals surface area contributed by atoms with Crippen molar-refractivity contribution in [3.05, 3.63) is 96.3 Å². The van der Waals surface area contributed by atoms with Crippen molar-refractivity contribution < 1.29 is 14.3 Å². The largest absolute Gasteiger partial charge is 0.469 e. The van der Waals surface area contributed by atoms with Gasteiger partial charge < -0.3 is 14.6 Å². The minimum Gasteiger partial charge on any atom is -0.469 e. The maximum Gasteiger partial charge on any atom is 0.306 e. The van der Waals surface area contributed by atoms with Gasteiger partial charge in [0.15, 0.2) is 5.82 Å². The lowest BCUT2D eigenvalue weighted by atomic mass is 9.94. The van der Waals surface area contributed by atoms with Gasteiger partial charge in [0.2, 0.25) is 5.91 Å². The zero-order valence-electron chi connectivity index (χ0n) is 26.1. The van der Waals surface area contributed by atoms with Crippen LogP contribution in [0.5, 0.6) is 0 Å². The Balaban J connectivity index is 1.02. The fourth-order valence-corrected chi connectivity index (χ4v) is 7.03. The molecule has 7 rings (SSSR count). The standard InChI is InChI=1S/C37H38N6O3/c1-46-34(44)19-30(24-8-3-2-4-9-24)37(45)43-17-7-12-33(43)36-41-23-32(42-36)26-13-15-27(16-14-26)35-39-21-29(22-40-35)28-18-31(38-20-28)25-10-5-6-11-25/h2-4,8-9,13-16,20-23,25,30,33H,5-7,10-12,17-19H2,1H3,(H,41,42)/t30-,33+/m1/s1. The summed E-state index contributed by atoms with van der Waals surface area (Å²) in [6.07, 6.45) is 15.3. The first-order chi connectivity index (χ1) is 22.6. The van der Waals surface area contributed by atoms with Crippen LogP contribution in [0, 0.1) is 5.92 Å². The van der Waals surface area contributed by atoms with Crippen LogP contribution in [0.15, 0.2) is 84.4 Å². The lowest BCUT2D eigenvalue weighted by molar-refractivity contribution is -0.145. The summed E-state index contributed by atoms with van der Waals surface area (Å²) in [5, 5.41) is 0. The molecule has 1 saturated heterocycles. The topological polar surface area (TPSA) is 113 Å². The molecular formula is C37H38N6O3. The van der Waals surface area contributed by atoms with E-state index in [9.17, 15) is 9.59 Å². The van der Waals surface area contributed by atoms with Crippen LogP contribution in [0.3, 0.4) is 0 Å². The van der Waals surface area contributed by atoms with E-state index in [0.29, 0.717) is 18.3 Å². The maximum absolute atomic E-state index is 13.9. The SMILES string of the molecule is COC(=O)C[C@@H](C(=O)N1CCC[C@H]1c1ncc(-c2ccc(-c3ncc(C4=CN=C(C5CCCC5)C4)cn3)cc2)[nH]1)c1ccccc1. The Hall–Kier alpha value is -4.92. The van der Waals surface area contributed by atoms with E-state index in [1.54, 1.807) is 0 Å². The van der Waals surface area contributed by atoms with Gasteiger partial charge in [-0.1, -0.05) is 67.4 Å². The van der Waals surface area contributed by atoms with Crippen molar-refractivity contribution in [1.82, 2.24) is 24.8 Å². The van der Waals surface area contributed by atoms with E-state index in [0.717, 1.165) is 53.0 Å². The number of rotatable bonds is 9. The number of nitrogens with one attached hydrogen (secondary N) is 1. The monoisotopic (exact) mass is 614 g/mol. The molecule has 2 aliphatic heterocycles. The molecule has 2 aromatic heterocycles. The first kappa shape index (κ1) is 29.8. The molecule has 2 atom stereocenters. The van der Waals surface area contributed by atoms with Crippen LogP contribution < -0.4 is 0 Å². The van der Waals surface area contributed by atoms with E-state index in [-0.39, 0.29) is 18.4 Å². The predicted molar refractivity (Wildman–Crippen MR) is 177 cm³/mol. The highest BCUT2D eigenvalue weighted by atomic mass is 16.5. The van der Waals surface area contributed by atoms with Gasteiger partial charge in [-0.05, 0) is 48.3 Å². The summed E-state index contributed by atoms with van der Waals surface area (Å²) < 4.78 is 4.92. The molecule has 2 fully saturated rings. The molecule has 0 radical (unpaired) electrons. The number of amides is 1. The van der Waals surface area contributed by atoms with Crippen molar-refractivity contribution in [3.8, 4) is 22.6 Å².